The summed E-state index contributed by atoms with van der Waals surface area (Å²) in [6.45, 7) is 1.18. The lowest BCUT2D eigenvalue weighted by atomic mass is 10.3. The fourth-order valence-electron chi connectivity index (χ4n) is 2.86. The number of pyridine rings is 1. The van der Waals surface area contributed by atoms with Crippen LogP contribution in [0.5, 0.6) is 17.4 Å². The summed E-state index contributed by atoms with van der Waals surface area (Å²) in [4.78, 5) is 39.7. The van der Waals surface area contributed by atoms with Gasteiger partial charge in [0.2, 0.25) is 0 Å². The Kier molecular flexibility index (Phi) is 7.22. The third-order valence-electron chi connectivity index (χ3n) is 4.41. The molecule has 3 aromatic rings. The first-order valence-electron chi connectivity index (χ1n) is 9.76. The summed E-state index contributed by atoms with van der Waals surface area (Å²) < 4.78 is 83.5. The highest BCUT2D eigenvalue weighted by Gasteiger charge is 2.35. The molecule has 9 nitrogen and oxygen atoms in total. The molecular weight excluding hydrogens is 485 g/mol. The van der Waals surface area contributed by atoms with Crippen molar-refractivity contribution >= 4 is 5.97 Å². The molecule has 35 heavy (non-hydrogen) atoms. The number of esters is 1. The van der Waals surface area contributed by atoms with Gasteiger partial charge in [-0.05, 0) is 19.1 Å². The van der Waals surface area contributed by atoms with Gasteiger partial charge in [0, 0.05) is 19.2 Å². The molecule has 0 amide bonds. The molecule has 0 radical (unpaired) electrons. The Balaban J connectivity index is 2.05. The summed E-state index contributed by atoms with van der Waals surface area (Å²) in [5.41, 5.74) is -4.70. The maximum Gasteiger partial charge on any atom is 0.431 e. The zero-order valence-electron chi connectivity index (χ0n) is 18.1. The minimum atomic E-state index is -5.04. The lowest BCUT2D eigenvalue weighted by Gasteiger charge is -2.15. The van der Waals surface area contributed by atoms with Gasteiger partial charge in [-0.3, -0.25) is 9.36 Å². The van der Waals surface area contributed by atoms with Crippen molar-refractivity contribution in [3.63, 3.8) is 0 Å². The van der Waals surface area contributed by atoms with Gasteiger partial charge >= 0.3 is 17.8 Å². The Bertz CT molecular complexity index is 1380. The number of alkyl halides is 3. The van der Waals surface area contributed by atoms with Gasteiger partial charge in [-0.1, -0.05) is 12.1 Å². The molecule has 0 saturated carbocycles. The Morgan fingerprint density at radius 3 is 2.34 bits per heavy atom. The van der Waals surface area contributed by atoms with E-state index in [9.17, 15) is 36.3 Å². The van der Waals surface area contributed by atoms with Crippen LogP contribution >= 0.6 is 0 Å². The third kappa shape index (κ3) is 5.47. The van der Waals surface area contributed by atoms with E-state index in [1.54, 1.807) is 6.92 Å². The first-order valence-corrected chi connectivity index (χ1v) is 9.76. The van der Waals surface area contributed by atoms with Crippen LogP contribution in [0, 0.1) is 11.6 Å². The number of halogens is 5. The molecule has 186 valence electrons. The van der Waals surface area contributed by atoms with E-state index in [1.807, 2.05) is 0 Å². The topological polar surface area (TPSA) is 102 Å². The van der Waals surface area contributed by atoms with E-state index < -0.39 is 59.0 Å². The number of carbonyl (C=O) groups is 1. The van der Waals surface area contributed by atoms with Crippen molar-refractivity contribution in [1.29, 1.82) is 0 Å². The van der Waals surface area contributed by atoms with Gasteiger partial charge in [-0.25, -0.2) is 22.9 Å². The highest BCUT2D eigenvalue weighted by atomic mass is 19.4. The molecule has 0 atom stereocenters. The van der Waals surface area contributed by atoms with E-state index in [1.165, 1.54) is 24.3 Å². The molecule has 0 aliphatic heterocycles. The number of para-hydroxylation sites is 2. The average molecular weight is 501 g/mol. The van der Waals surface area contributed by atoms with Crippen molar-refractivity contribution in [3.05, 3.63) is 74.6 Å². The van der Waals surface area contributed by atoms with Crippen LogP contribution < -0.4 is 20.7 Å². The predicted octanol–water partition coefficient (Wildman–Crippen LogP) is 2.96. The summed E-state index contributed by atoms with van der Waals surface area (Å²) in [6, 6.07) is 5.90. The maximum absolute atomic E-state index is 14.5. The van der Waals surface area contributed by atoms with Crippen molar-refractivity contribution in [3.8, 4) is 23.2 Å². The SMILES string of the molecule is CCOC(=O)COc1ccccc1Oc1nc(-n2c(=O)cc(C(F)(F)F)n(C)c2=O)c(F)cc1F. The van der Waals surface area contributed by atoms with Gasteiger partial charge in [0.15, 0.2) is 35.6 Å². The van der Waals surface area contributed by atoms with E-state index >= 15 is 0 Å². The van der Waals surface area contributed by atoms with Crippen LogP contribution in [0.1, 0.15) is 12.6 Å². The van der Waals surface area contributed by atoms with Crippen molar-refractivity contribution in [2.24, 2.45) is 7.05 Å². The van der Waals surface area contributed by atoms with Gasteiger partial charge in [0.25, 0.3) is 11.4 Å². The van der Waals surface area contributed by atoms with E-state index in [2.05, 4.69) is 4.98 Å². The van der Waals surface area contributed by atoms with Crippen molar-refractivity contribution in [1.82, 2.24) is 14.1 Å². The Hall–Kier alpha value is -4.23. The molecule has 0 unspecified atom stereocenters. The highest BCUT2D eigenvalue weighted by molar-refractivity contribution is 5.71. The standard InChI is InChI=1S/C21H16F5N3O6/c1-3-33-17(31)10-34-13-6-4-5-7-14(13)35-19-12(23)8-11(22)18(27-19)29-16(30)9-15(21(24,25)26)28(2)20(29)32/h4-9H,3,10H2,1-2H3. The molecule has 1 aromatic carbocycles. The summed E-state index contributed by atoms with van der Waals surface area (Å²) in [5.74, 6) is -5.84. The van der Waals surface area contributed by atoms with Crippen LogP contribution in [0.25, 0.3) is 5.82 Å². The predicted molar refractivity (Wildman–Crippen MR) is 109 cm³/mol. The van der Waals surface area contributed by atoms with Crippen LogP contribution in [0.2, 0.25) is 0 Å². The fourth-order valence-corrected chi connectivity index (χ4v) is 2.86. The Morgan fingerprint density at radius 1 is 1.06 bits per heavy atom. The minimum absolute atomic E-state index is 0.0000320. The van der Waals surface area contributed by atoms with E-state index in [0.717, 1.165) is 7.05 Å². The summed E-state index contributed by atoms with van der Waals surface area (Å²) in [7, 11) is 0.719. The van der Waals surface area contributed by atoms with Crippen LogP contribution in [0.3, 0.4) is 0 Å². The molecule has 0 aliphatic rings. The zero-order valence-corrected chi connectivity index (χ0v) is 18.1. The maximum atomic E-state index is 14.5. The number of aromatic nitrogens is 3. The molecule has 0 aliphatic carbocycles. The van der Waals surface area contributed by atoms with Crippen molar-refractivity contribution < 1.29 is 41.0 Å². The first kappa shape index (κ1) is 25.4. The number of hydrogen-bond donors (Lipinski definition) is 0. The monoisotopic (exact) mass is 501 g/mol. The lowest BCUT2D eigenvalue weighted by molar-refractivity contribution is -0.145. The molecule has 0 spiro atoms. The van der Waals surface area contributed by atoms with E-state index in [-0.39, 0.29) is 39.4 Å². The van der Waals surface area contributed by atoms with Gasteiger partial charge in [0.05, 0.1) is 6.61 Å². The smallest absolute Gasteiger partial charge is 0.431 e. The van der Waals surface area contributed by atoms with Crippen LogP contribution in [-0.4, -0.2) is 33.3 Å². The molecule has 0 bridgehead atoms. The number of carbonyl (C=O) groups excluding carboxylic acids is 1. The fraction of sp³-hybridized carbons (Fsp3) is 0.238. The Labute approximate surface area is 192 Å². The molecule has 2 heterocycles. The molecule has 0 N–H and O–H groups in total. The second-order valence-corrected chi connectivity index (χ2v) is 6.77. The minimum Gasteiger partial charge on any atom is -0.478 e. The molecule has 2 aromatic heterocycles. The van der Waals surface area contributed by atoms with Crippen molar-refractivity contribution in [2.45, 2.75) is 13.1 Å². The lowest BCUT2D eigenvalue weighted by Crippen LogP contribution is -2.41. The first-order chi connectivity index (χ1) is 16.4. The molecule has 3 rings (SSSR count). The van der Waals surface area contributed by atoms with E-state index in [0.29, 0.717) is 0 Å². The molecule has 0 fully saturated rings. The quantitative estimate of drug-likeness (QED) is 0.363. The largest absolute Gasteiger partial charge is 0.478 e. The number of benzene rings is 1. The summed E-state index contributed by atoms with van der Waals surface area (Å²) in [6.07, 6.45) is -5.04. The van der Waals surface area contributed by atoms with Gasteiger partial charge in [-0.15, -0.1) is 0 Å². The number of hydrogen-bond acceptors (Lipinski definition) is 7. The number of rotatable bonds is 7. The zero-order chi connectivity index (χ0) is 25.9. The third-order valence-corrected chi connectivity index (χ3v) is 4.41. The van der Waals surface area contributed by atoms with Gasteiger partial charge in [-0.2, -0.15) is 18.2 Å². The second-order valence-electron chi connectivity index (χ2n) is 6.77. The highest BCUT2D eigenvalue weighted by Crippen LogP contribution is 2.32. The molecular formula is C21H16F5N3O6. The number of nitrogens with zero attached hydrogens (tertiary/aromatic N) is 3. The van der Waals surface area contributed by atoms with Crippen molar-refractivity contribution in [2.75, 3.05) is 13.2 Å². The second kappa shape index (κ2) is 9.95. The molecule has 0 saturated heterocycles. The van der Waals surface area contributed by atoms with Gasteiger partial charge < -0.3 is 14.2 Å². The normalized spacial score (nSPS) is 11.3. The molecule has 14 heteroatoms. The Morgan fingerprint density at radius 2 is 1.71 bits per heavy atom. The van der Waals surface area contributed by atoms with E-state index in [4.69, 9.17) is 14.2 Å². The van der Waals surface area contributed by atoms with Crippen LogP contribution in [0.15, 0.2) is 46.0 Å². The summed E-state index contributed by atoms with van der Waals surface area (Å²) in [5, 5.41) is 0. The van der Waals surface area contributed by atoms with Crippen LogP contribution in [-0.2, 0) is 22.8 Å². The van der Waals surface area contributed by atoms with Crippen LogP contribution in [0.4, 0.5) is 22.0 Å². The number of ether oxygens (including phenoxy) is 3. The summed E-state index contributed by atoms with van der Waals surface area (Å²) >= 11 is 0. The van der Waals surface area contributed by atoms with Gasteiger partial charge in [0.1, 0.15) is 5.69 Å². The average Bonchev–Trinajstić information content (AvgIpc) is 2.78.